The fourth-order valence-corrected chi connectivity index (χ4v) is 2.57. The van der Waals surface area contributed by atoms with Crippen LogP contribution in [0.4, 0.5) is 5.82 Å². The van der Waals surface area contributed by atoms with Crippen LogP contribution < -0.4 is 5.73 Å². The number of imidazole rings is 1. The van der Waals surface area contributed by atoms with Gasteiger partial charge in [0.15, 0.2) is 17.7 Å². The number of hydrogen-bond donors (Lipinski definition) is 4. The van der Waals surface area contributed by atoms with E-state index >= 15 is 0 Å². The molecule has 1 fully saturated rings. The zero-order valence-electron chi connectivity index (χ0n) is 13.9. The van der Waals surface area contributed by atoms with Gasteiger partial charge in [0.25, 0.3) is 0 Å². The Balaban J connectivity index is 1.99. The first-order valence-corrected chi connectivity index (χ1v) is 7.68. The van der Waals surface area contributed by atoms with E-state index in [4.69, 9.17) is 10.5 Å². The summed E-state index contributed by atoms with van der Waals surface area (Å²) >= 11 is 0. The third-order valence-corrected chi connectivity index (χ3v) is 3.84. The number of hydrogen-bond acceptors (Lipinski definition) is 9. The predicted octanol–water partition coefficient (Wildman–Crippen LogP) is -2.07. The molecule has 2 aromatic rings. The quantitative estimate of drug-likeness (QED) is 0.460. The first-order chi connectivity index (χ1) is 11.9. The van der Waals surface area contributed by atoms with Gasteiger partial charge >= 0.3 is 0 Å². The zero-order chi connectivity index (χ0) is 18.1. The highest BCUT2D eigenvalue weighted by molar-refractivity contribution is 5.82. The van der Waals surface area contributed by atoms with Crippen LogP contribution in [0.15, 0.2) is 6.33 Å². The lowest BCUT2D eigenvalue weighted by Crippen LogP contribution is -2.33. The molecule has 0 aromatic carbocycles. The van der Waals surface area contributed by atoms with Crippen molar-refractivity contribution >= 4 is 17.0 Å². The first-order valence-electron chi connectivity index (χ1n) is 7.68. The SMILES string of the molecule is CN(C)CC#Cc1nc(N)c2ncn([C@@H]3O[C@H](CO)C(O)C3O)c2n1. The van der Waals surface area contributed by atoms with Crippen molar-refractivity contribution in [1.29, 1.82) is 0 Å². The Morgan fingerprint density at radius 3 is 2.72 bits per heavy atom. The summed E-state index contributed by atoms with van der Waals surface area (Å²) in [6.45, 7) is 0.120. The van der Waals surface area contributed by atoms with Crippen molar-refractivity contribution in [1.82, 2.24) is 24.4 Å². The summed E-state index contributed by atoms with van der Waals surface area (Å²) in [5, 5.41) is 29.3. The summed E-state index contributed by atoms with van der Waals surface area (Å²) in [4.78, 5) is 14.5. The summed E-state index contributed by atoms with van der Waals surface area (Å²) in [5.74, 6) is 6.13. The molecule has 3 rings (SSSR count). The molecule has 25 heavy (non-hydrogen) atoms. The largest absolute Gasteiger partial charge is 0.394 e. The van der Waals surface area contributed by atoms with Crippen molar-refractivity contribution in [2.75, 3.05) is 33.0 Å². The highest BCUT2D eigenvalue weighted by atomic mass is 16.6. The van der Waals surface area contributed by atoms with Crippen molar-refractivity contribution in [3.05, 3.63) is 12.2 Å². The zero-order valence-corrected chi connectivity index (χ0v) is 13.9. The van der Waals surface area contributed by atoms with Crippen molar-refractivity contribution < 1.29 is 20.1 Å². The number of fused-ring (bicyclic) bond motifs is 1. The highest BCUT2D eigenvalue weighted by Gasteiger charge is 2.44. The number of aromatic nitrogens is 4. The number of nitrogen functional groups attached to an aromatic ring is 1. The van der Waals surface area contributed by atoms with Gasteiger partial charge in [-0.2, -0.15) is 0 Å². The number of nitrogens with zero attached hydrogens (tertiary/aromatic N) is 5. The van der Waals surface area contributed by atoms with Gasteiger partial charge in [0, 0.05) is 0 Å². The second-order valence-corrected chi connectivity index (χ2v) is 6.02. The molecule has 0 bridgehead atoms. The Hall–Kier alpha value is -2.29. The number of nitrogens with two attached hydrogens (primary N) is 1. The van der Waals surface area contributed by atoms with Gasteiger partial charge in [-0.05, 0) is 20.0 Å². The highest BCUT2D eigenvalue weighted by Crippen LogP contribution is 2.31. The molecular formula is C15H20N6O4. The van der Waals surface area contributed by atoms with Gasteiger partial charge in [-0.15, -0.1) is 0 Å². The molecule has 4 atom stereocenters. The van der Waals surface area contributed by atoms with E-state index in [9.17, 15) is 15.3 Å². The van der Waals surface area contributed by atoms with Gasteiger partial charge in [-0.25, -0.2) is 15.0 Å². The van der Waals surface area contributed by atoms with Crippen molar-refractivity contribution in [2.24, 2.45) is 0 Å². The number of rotatable bonds is 3. The lowest BCUT2D eigenvalue weighted by molar-refractivity contribution is -0.0511. The molecule has 134 valence electrons. The average molecular weight is 348 g/mol. The summed E-state index contributed by atoms with van der Waals surface area (Å²) in [5.41, 5.74) is 6.59. The molecule has 10 heteroatoms. The molecule has 1 saturated heterocycles. The Kier molecular flexibility index (Phi) is 4.85. The maximum Gasteiger partial charge on any atom is 0.209 e. The lowest BCUT2D eigenvalue weighted by Gasteiger charge is -2.16. The Morgan fingerprint density at radius 1 is 1.32 bits per heavy atom. The van der Waals surface area contributed by atoms with Crippen LogP contribution in [-0.4, -0.2) is 85.3 Å². The van der Waals surface area contributed by atoms with E-state index in [1.807, 2.05) is 19.0 Å². The van der Waals surface area contributed by atoms with Gasteiger partial charge in [0.2, 0.25) is 5.82 Å². The molecule has 10 nitrogen and oxygen atoms in total. The predicted molar refractivity (Wildman–Crippen MR) is 88.2 cm³/mol. The molecule has 5 N–H and O–H groups in total. The van der Waals surface area contributed by atoms with Crippen LogP contribution in [0.3, 0.4) is 0 Å². The van der Waals surface area contributed by atoms with Crippen LogP contribution in [0.5, 0.6) is 0 Å². The molecule has 3 heterocycles. The number of aliphatic hydroxyl groups is 3. The van der Waals surface area contributed by atoms with Crippen LogP contribution in [0.1, 0.15) is 12.1 Å². The number of ether oxygens (including phenoxy) is 1. The third kappa shape index (κ3) is 3.28. The van der Waals surface area contributed by atoms with Crippen molar-refractivity contribution in [3.63, 3.8) is 0 Å². The van der Waals surface area contributed by atoms with Gasteiger partial charge in [0.05, 0.1) is 19.5 Å². The van der Waals surface area contributed by atoms with Crippen LogP contribution in [0.2, 0.25) is 0 Å². The maximum atomic E-state index is 10.2. The summed E-state index contributed by atoms with van der Waals surface area (Å²) in [7, 11) is 3.79. The summed E-state index contributed by atoms with van der Waals surface area (Å²) in [6.07, 6.45) is -2.90. The molecule has 0 radical (unpaired) electrons. The van der Waals surface area contributed by atoms with Gasteiger partial charge < -0.3 is 25.8 Å². The number of anilines is 1. The van der Waals surface area contributed by atoms with Gasteiger partial charge in [0.1, 0.15) is 23.8 Å². The molecule has 0 aliphatic carbocycles. The van der Waals surface area contributed by atoms with E-state index in [2.05, 4.69) is 26.8 Å². The third-order valence-electron chi connectivity index (χ3n) is 3.84. The molecular weight excluding hydrogens is 328 g/mol. The monoisotopic (exact) mass is 348 g/mol. The van der Waals surface area contributed by atoms with Crippen LogP contribution >= 0.6 is 0 Å². The van der Waals surface area contributed by atoms with E-state index in [0.29, 0.717) is 17.7 Å². The minimum absolute atomic E-state index is 0.157. The van der Waals surface area contributed by atoms with Crippen LogP contribution in [-0.2, 0) is 4.74 Å². The smallest absolute Gasteiger partial charge is 0.209 e. The Bertz CT molecular complexity index is 827. The molecule has 0 spiro atoms. The topological polar surface area (TPSA) is 143 Å². The van der Waals surface area contributed by atoms with Crippen LogP contribution in [0, 0.1) is 11.8 Å². The maximum absolute atomic E-state index is 10.2. The molecule has 0 amide bonds. The lowest BCUT2D eigenvalue weighted by atomic mass is 10.1. The first kappa shape index (κ1) is 17.5. The van der Waals surface area contributed by atoms with E-state index in [-0.39, 0.29) is 11.6 Å². The Morgan fingerprint density at radius 2 is 2.08 bits per heavy atom. The van der Waals surface area contributed by atoms with Gasteiger partial charge in [-0.1, -0.05) is 5.92 Å². The van der Waals surface area contributed by atoms with E-state index < -0.39 is 31.1 Å². The minimum atomic E-state index is -1.24. The molecule has 2 unspecified atom stereocenters. The minimum Gasteiger partial charge on any atom is -0.394 e. The van der Waals surface area contributed by atoms with E-state index in [0.717, 1.165) is 0 Å². The van der Waals surface area contributed by atoms with Crippen LogP contribution in [0.25, 0.3) is 11.2 Å². The second-order valence-electron chi connectivity index (χ2n) is 6.02. The van der Waals surface area contributed by atoms with Crippen molar-refractivity contribution in [2.45, 2.75) is 24.5 Å². The molecule has 1 aliphatic heterocycles. The molecule has 2 aromatic heterocycles. The standard InChI is InChI=1S/C15H20N6O4/c1-20(2)5-3-4-9-18-13(16)10-14(19-9)21(7-17-10)15-12(24)11(23)8(6-22)25-15/h7-8,11-12,15,22-24H,5-6H2,1-2H3,(H2,16,18,19)/t8-,11?,12?,15-/m1/s1. The average Bonchev–Trinajstić information content (AvgIpc) is 3.10. The van der Waals surface area contributed by atoms with E-state index in [1.165, 1.54) is 10.9 Å². The normalized spacial score (nSPS) is 26.2. The second kappa shape index (κ2) is 6.91. The summed E-state index contributed by atoms with van der Waals surface area (Å²) in [6, 6.07) is 0. The molecule has 1 aliphatic rings. The van der Waals surface area contributed by atoms with Gasteiger partial charge in [-0.3, -0.25) is 9.47 Å². The molecule has 0 saturated carbocycles. The Labute approximate surface area is 143 Å². The van der Waals surface area contributed by atoms with E-state index in [1.54, 1.807) is 0 Å². The fourth-order valence-electron chi connectivity index (χ4n) is 2.57. The fraction of sp³-hybridized carbons (Fsp3) is 0.533. The summed E-state index contributed by atoms with van der Waals surface area (Å²) < 4.78 is 6.96. The van der Waals surface area contributed by atoms with Crippen molar-refractivity contribution in [3.8, 4) is 11.8 Å². The number of aliphatic hydroxyl groups excluding tert-OH is 3.